The predicted octanol–water partition coefficient (Wildman–Crippen LogP) is 4.54. The first-order chi connectivity index (χ1) is 9.29. The molecule has 112 valence electrons. The van der Waals surface area contributed by atoms with E-state index >= 15 is 0 Å². The number of aryl methyl sites for hydroxylation is 1. The number of hydrogen-bond acceptors (Lipinski definition) is 1. The summed E-state index contributed by atoms with van der Waals surface area (Å²) in [6, 6.07) is 4.34. The summed E-state index contributed by atoms with van der Waals surface area (Å²) in [4.78, 5) is 0. The molecule has 1 aliphatic rings. The summed E-state index contributed by atoms with van der Waals surface area (Å²) in [5, 5.41) is 10.2. The average molecular weight is 290 g/mol. The Kier molecular flexibility index (Phi) is 4.37. The number of rotatable bonds is 2. The van der Waals surface area contributed by atoms with Gasteiger partial charge >= 0.3 is 6.18 Å². The van der Waals surface area contributed by atoms with Gasteiger partial charge in [0.15, 0.2) is 0 Å². The van der Waals surface area contributed by atoms with Crippen LogP contribution in [0.2, 0.25) is 0 Å². The largest absolute Gasteiger partial charge is 0.391 e. The van der Waals surface area contributed by atoms with Gasteiger partial charge in [-0.2, -0.15) is 13.2 Å². The molecule has 5 heteroatoms. The van der Waals surface area contributed by atoms with Gasteiger partial charge in [-0.05, 0) is 49.3 Å². The monoisotopic (exact) mass is 290 g/mol. The van der Waals surface area contributed by atoms with E-state index in [1.807, 2.05) is 0 Å². The molecule has 3 unspecified atom stereocenters. The maximum absolute atomic E-state index is 13.5. The van der Waals surface area contributed by atoms with Gasteiger partial charge in [0, 0.05) is 0 Å². The fourth-order valence-electron chi connectivity index (χ4n) is 2.88. The van der Waals surface area contributed by atoms with Crippen LogP contribution >= 0.6 is 0 Å². The second-order valence-corrected chi connectivity index (χ2v) is 5.62. The van der Waals surface area contributed by atoms with Gasteiger partial charge in [-0.15, -0.1) is 0 Å². The van der Waals surface area contributed by atoms with Crippen molar-refractivity contribution in [2.24, 2.45) is 11.8 Å². The molecule has 2 rings (SSSR count). The molecule has 1 saturated carbocycles. The summed E-state index contributed by atoms with van der Waals surface area (Å²) in [6.45, 7) is 1.60. The summed E-state index contributed by atoms with van der Waals surface area (Å²) in [6.07, 6.45) is -4.22. The van der Waals surface area contributed by atoms with Crippen LogP contribution in [0.1, 0.15) is 42.9 Å². The number of aliphatic hydroxyl groups is 1. The molecule has 1 aliphatic carbocycles. The van der Waals surface area contributed by atoms with Crippen LogP contribution in [-0.2, 0) is 0 Å². The normalized spacial score (nSPS) is 25.5. The average Bonchev–Trinajstić information content (AvgIpc) is 2.40. The Bertz CT molecular complexity index is 469. The van der Waals surface area contributed by atoms with Crippen molar-refractivity contribution in [2.75, 3.05) is 0 Å². The van der Waals surface area contributed by atoms with E-state index in [9.17, 15) is 22.7 Å². The van der Waals surface area contributed by atoms with Gasteiger partial charge in [0.2, 0.25) is 0 Å². The lowest BCUT2D eigenvalue weighted by molar-refractivity contribution is -0.189. The lowest BCUT2D eigenvalue weighted by atomic mass is 9.77. The Morgan fingerprint density at radius 3 is 2.55 bits per heavy atom. The standard InChI is InChI=1S/C15H18F4O/c1-9-5-6-11(8-13(9)16)14(20)10-3-2-4-12(7-10)15(17,18)19/h5-6,8,10,12,14,20H,2-4,7H2,1H3. The van der Waals surface area contributed by atoms with E-state index in [1.54, 1.807) is 13.0 Å². The molecule has 0 spiro atoms. The van der Waals surface area contributed by atoms with Gasteiger partial charge < -0.3 is 5.11 Å². The molecule has 0 aromatic heterocycles. The molecule has 0 amide bonds. The third-order valence-electron chi connectivity index (χ3n) is 4.16. The minimum atomic E-state index is -4.21. The first-order valence-corrected chi connectivity index (χ1v) is 6.80. The van der Waals surface area contributed by atoms with Crippen LogP contribution in [0.5, 0.6) is 0 Å². The van der Waals surface area contributed by atoms with Crippen molar-refractivity contribution < 1.29 is 22.7 Å². The van der Waals surface area contributed by atoms with Gasteiger partial charge in [-0.3, -0.25) is 0 Å². The predicted molar refractivity (Wildman–Crippen MR) is 67.6 cm³/mol. The topological polar surface area (TPSA) is 20.2 Å². The Balaban J connectivity index is 2.12. The highest BCUT2D eigenvalue weighted by Crippen LogP contribution is 2.43. The van der Waals surface area contributed by atoms with Crippen molar-refractivity contribution in [1.29, 1.82) is 0 Å². The highest BCUT2D eigenvalue weighted by molar-refractivity contribution is 5.25. The Morgan fingerprint density at radius 1 is 1.25 bits per heavy atom. The van der Waals surface area contributed by atoms with Gasteiger partial charge in [0.05, 0.1) is 12.0 Å². The quantitative estimate of drug-likeness (QED) is 0.793. The highest BCUT2D eigenvalue weighted by atomic mass is 19.4. The molecular weight excluding hydrogens is 272 g/mol. The lowest BCUT2D eigenvalue weighted by Gasteiger charge is -2.33. The van der Waals surface area contributed by atoms with Crippen molar-refractivity contribution in [3.05, 3.63) is 35.1 Å². The summed E-state index contributed by atoms with van der Waals surface area (Å²) in [5.41, 5.74) is 0.818. The lowest BCUT2D eigenvalue weighted by Crippen LogP contribution is -2.31. The van der Waals surface area contributed by atoms with E-state index in [0.29, 0.717) is 24.0 Å². The molecule has 1 aromatic carbocycles. The van der Waals surface area contributed by atoms with Crippen LogP contribution in [0.3, 0.4) is 0 Å². The van der Waals surface area contributed by atoms with Crippen LogP contribution < -0.4 is 0 Å². The number of aliphatic hydroxyl groups excluding tert-OH is 1. The fourth-order valence-corrected chi connectivity index (χ4v) is 2.88. The maximum Gasteiger partial charge on any atom is 0.391 e. The van der Waals surface area contributed by atoms with Gasteiger partial charge in [0.1, 0.15) is 5.82 Å². The van der Waals surface area contributed by atoms with Crippen molar-refractivity contribution in [3.63, 3.8) is 0 Å². The Morgan fingerprint density at radius 2 is 1.95 bits per heavy atom. The van der Waals surface area contributed by atoms with Gasteiger partial charge in [-0.1, -0.05) is 18.6 Å². The van der Waals surface area contributed by atoms with Crippen molar-refractivity contribution in [3.8, 4) is 0 Å². The molecule has 1 fully saturated rings. The minimum Gasteiger partial charge on any atom is -0.388 e. The third-order valence-corrected chi connectivity index (χ3v) is 4.16. The minimum absolute atomic E-state index is 0.0832. The van der Waals surface area contributed by atoms with Crippen LogP contribution in [0.15, 0.2) is 18.2 Å². The zero-order chi connectivity index (χ0) is 14.9. The summed E-state index contributed by atoms with van der Waals surface area (Å²) >= 11 is 0. The number of halogens is 4. The smallest absolute Gasteiger partial charge is 0.388 e. The summed E-state index contributed by atoms with van der Waals surface area (Å²) in [5.74, 6) is -2.26. The molecule has 1 N–H and O–H groups in total. The molecular formula is C15H18F4O. The fraction of sp³-hybridized carbons (Fsp3) is 0.600. The molecule has 0 aliphatic heterocycles. The van der Waals surface area contributed by atoms with Crippen LogP contribution in [0.25, 0.3) is 0 Å². The van der Waals surface area contributed by atoms with E-state index in [-0.39, 0.29) is 12.8 Å². The van der Waals surface area contributed by atoms with E-state index in [2.05, 4.69) is 0 Å². The molecule has 1 aromatic rings. The SMILES string of the molecule is Cc1ccc(C(O)C2CCCC(C(F)(F)F)C2)cc1F. The zero-order valence-corrected chi connectivity index (χ0v) is 11.3. The molecule has 20 heavy (non-hydrogen) atoms. The van der Waals surface area contributed by atoms with Crippen molar-refractivity contribution in [1.82, 2.24) is 0 Å². The highest BCUT2D eigenvalue weighted by Gasteiger charge is 2.43. The summed E-state index contributed by atoms with van der Waals surface area (Å²) < 4.78 is 51.7. The molecule has 0 heterocycles. The van der Waals surface area contributed by atoms with Crippen molar-refractivity contribution >= 4 is 0 Å². The second-order valence-electron chi connectivity index (χ2n) is 5.62. The van der Waals surface area contributed by atoms with Gasteiger partial charge in [-0.25, -0.2) is 4.39 Å². The van der Waals surface area contributed by atoms with Crippen LogP contribution in [-0.4, -0.2) is 11.3 Å². The second kappa shape index (κ2) is 5.72. The molecule has 3 atom stereocenters. The first-order valence-electron chi connectivity index (χ1n) is 6.80. The van der Waals surface area contributed by atoms with E-state index in [1.165, 1.54) is 12.1 Å². The zero-order valence-electron chi connectivity index (χ0n) is 11.3. The van der Waals surface area contributed by atoms with Crippen LogP contribution in [0.4, 0.5) is 17.6 Å². The number of hydrogen-bond donors (Lipinski definition) is 1. The van der Waals surface area contributed by atoms with Gasteiger partial charge in [0.25, 0.3) is 0 Å². The maximum atomic E-state index is 13.5. The first kappa shape index (κ1) is 15.3. The molecule has 0 radical (unpaired) electrons. The van der Waals surface area contributed by atoms with Crippen molar-refractivity contribution in [2.45, 2.75) is 44.9 Å². The van der Waals surface area contributed by atoms with Crippen LogP contribution in [0, 0.1) is 24.6 Å². The Hall–Kier alpha value is -1.10. The van der Waals surface area contributed by atoms with E-state index in [4.69, 9.17) is 0 Å². The third kappa shape index (κ3) is 3.32. The van der Waals surface area contributed by atoms with E-state index in [0.717, 1.165) is 0 Å². The molecule has 0 bridgehead atoms. The molecule has 0 saturated heterocycles. The Labute approximate surface area is 115 Å². The molecule has 1 nitrogen and oxygen atoms in total. The number of benzene rings is 1. The number of alkyl halides is 3. The summed E-state index contributed by atoms with van der Waals surface area (Å²) in [7, 11) is 0. The van der Waals surface area contributed by atoms with E-state index < -0.39 is 29.9 Å².